The number of hydrogen-bond acceptors (Lipinski definition) is 4. The highest BCUT2D eigenvalue weighted by Crippen LogP contribution is 2.31. The van der Waals surface area contributed by atoms with Crippen molar-refractivity contribution in [1.82, 2.24) is 9.88 Å². The second-order valence-electron chi connectivity index (χ2n) is 5.33. The van der Waals surface area contributed by atoms with Gasteiger partial charge in [0.05, 0.1) is 10.7 Å². The lowest BCUT2D eigenvalue weighted by atomic mass is 9.98. The Morgan fingerprint density at radius 2 is 2.32 bits per heavy atom. The molecule has 1 aromatic rings. The summed E-state index contributed by atoms with van der Waals surface area (Å²) in [5.41, 5.74) is 1.16. The maximum absolute atomic E-state index is 10.5. The number of hydrogen-bond donors (Lipinski definition) is 1. The number of aromatic nitrogens is 1. The molecule has 1 aliphatic rings. The van der Waals surface area contributed by atoms with E-state index in [9.17, 15) is 4.79 Å². The van der Waals surface area contributed by atoms with Gasteiger partial charge in [-0.3, -0.25) is 4.79 Å². The zero-order valence-electron chi connectivity index (χ0n) is 11.7. The Morgan fingerprint density at radius 3 is 2.95 bits per heavy atom. The van der Waals surface area contributed by atoms with Crippen molar-refractivity contribution in [2.75, 3.05) is 19.6 Å². The van der Waals surface area contributed by atoms with E-state index >= 15 is 0 Å². The molecule has 1 fully saturated rings. The quantitative estimate of drug-likeness (QED) is 0.902. The summed E-state index contributed by atoms with van der Waals surface area (Å²) in [6.45, 7) is 7.23. The Kier molecular flexibility index (Phi) is 4.93. The second kappa shape index (κ2) is 6.48. The van der Waals surface area contributed by atoms with Gasteiger partial charge >= 0.3 is 5.97 Å². The fraction of sp³-hybridized carbons (Fsp3) is 0.714. The van der Waals surface area contributed by atoms with E-state index < -0.39 is 5.97 Å². The Labute approximate surface area is 118 Å². The first-order valence-electron chi connectivity index (χ1n) is 6.94. The highest BCUT2D eigenvalue weighted by molar-refractivity contribution is 7.11. The number of aliphatic carboxylic acids is 1. The standard InChI is InChI=1S/C14H22N2O2S/c1-10-11(2)19-14(15-10)12-5-3-7-16(9-12)8-4-6-13(17)18/h12H,3-9H2,1-2H3,(H,17,18). The lowest BCUT2D eigenvalue weighted by Crippen LogP contribution is -2.35. The SMILES string of the molecule is Cc1nc(C2CCCN(CCCC(=O)O)C2)sc1C. The zero-order chi connectivity index (χ0) is 13.8. The summed E-state index contributed by atoms with van der Waals surface area (Å²) in [7, 11) is 0. The number of likely N-dealkylation sites (tertiary alicyclic amines) is 1. The lowest BCUT2D eigenvalue weighted by Gasteiger charge is -2.31. The van der Waals surface area contributed by atoms with E-state index in [1.54, 1.807) is 0 Å². The molecule has 0 spiro atoms. The molecule has 1 saturated heterocycles. The molecule has 106 valence electrons. The topological polar surface area (TPSA) is 53.4 Å². The van der Waals surface area contributed by atoms with Gasteiger partial charge in [-0.05, 0) is 46.2 Å². The van der Waals surface area contributed by atoms with Gasteiger partial charge in [0, 0.05) is 23.8 Å². The first-order chi connectivity index (χ1) is 9.06. The van der Waals surface area contributed by atoms with Crippen LogP contribution in [0.1, 0.15) is 47.2 Å². The van der Waals surface area contributed by atoms with Gasteiger partial charge in [0.25, 0.3) is 0 Å². The van der Waals surface area contributed by atoms with Crippen LogP contribution < -0.4 is 0 Å². The van der Waals surface area contributed by atoms with Crippen LogP contribution in [-0.4, -0.2) is 40.6 Å². The van der Waals surface area contributed by atoms with Crippen molar-refractivity contribution in [3.63, 3.8) is 0 Å². The molecule has 0 amide bonds. The van der Waals surface area contributed by atoms with Gasteiger partial charge in [-0.25, -0.2) is 4.98 Å². The molecule has 0 radical (unpaired) electrons. The van der Waals surface area contributed by atoms with E-state index in [1.165, 1.54) is 22.7 Å². The molecule has 0 aromatic carbocycles. The van der Waals surface area contributed by atoms with Gasteiger partial charge in [0.2, 0.25) is 0 Å². The summed E-state index contributed by atoms with van der Waals surface area (Å²) in [6.07, 6.45) is 3.42. The summed E-state index contributed by atoms with van der Waals surface area (Å²) < 4.78 is 0. The van der Waals surface area contributed by atoms with Crippen molar-refractivity contribution in [2.45, 2.75) is 45.4 Å². The first kappa shape index (κ1) is 14.5. The van der Waals surface area contributed by atoms with Crippen molar-refractivity contribution in [2.24, 2.45) is 0 Å². The number of thiazole rings is 1. The van der Waals surface area contributed by atoms with Gasteiger partial charge in [0.15, 0.2) is 0 Å². The van der Waals surface area contributed by atoms with Gasteiger partial charge in [-0.1, -0.05) is 0 Å². The maximum atomic E-state index is 10.5. The van der Waals surface area contributed by atoms with Crippen LogP contribution in [0.25, 0.3) is 0 Å². The van der Waals surface area contributed by atoms with Crippen LogP contribution >= 0.6 is 11.3 Å². The number of carbonyl (C=O) groups is 1. The first-order valence-corrected chi connectivity index (χ1v) is 7.76. The second-order valence-corrected chi connectivity index (χ2v) is 6.57. The molecule has 19 heavy (non-hydrogen) atoms. The summed E-state index contributed by atoms with van der Waals surface area (Å²) in [4.78, 5) is 18.9. The Morgan fingerprint density at radius 1 is 1.53 bits per heavy atom. The molecule has 0 aliphatic carbocycles. The molecule has 1 aliphatic heterocycles. The van der Waals surface area contributed by atoms with Gasteiger partial charge < -0.3 is 10.0 Å². The van der Waals surface area contributed by atoms with E-state index in [4.69, 9.17) is 5.11 Å². The molecular weight excluding hydrogens is 260 g/mol. The van der Waals surface area contributed by atoms with Gasteiger partial charge in [-0.15, -0.1) is 11.3 Å². The van der Waals surface area contributed by atoms with Gasteiger partial charge in [0.1, 0.15) is 0 Å². The molecule has 4 nitrogen and oxygen atoms in total. The van der Waals surface area contributed by atoms with Crippen LogP contribution in [-0.2, 0) is 4.79 Å². The molecule has 1 N–H and O–H groups in total. The largest absolute Gasteiger partial charge is 0.481 e. The van der Waals surface area contributed by atoms with E-state index in [1.807, 2.05) is 11.3 Å². The fourth-order valence-electron chi connectivity index (χ4n) is 2.59. The fourth-order valence-corrected chi connectivity index (χ4v) is 3.63. The van der Waals surface area contributed by atoms with Crippen molar-refractivity contribution < 1.29 is 9.90 Å². The smallest absolute Gasteiger partial charge is 0.303 e. The minimum atomic E-state index is -0.695. The average molecular weight is 282 g/mol. The molecular formula is C14H22N2O2S. The van der Waals surface area contributed by atoms with E-state index in [2.05, 4.69) is 23.7 Å². The minimum Gasteiger partial charge on any atom is -0.481 e. The molecule has 1 aromatic heterocycles. The number of carboxylic acid groups (broad SMARTS) is 1. The van der Waals surface area contributed by atoms with Crippen LogP contribution in [0.15, 0.2) is 0 Å². The van der Waals surface area contributed by atoms with E-state index in [0.717, 1.165) is 31.7 Å². The highest BCUT2D eigenvalue weighted by atomic mass is 32.1. The van der Waals surface area contributed by atoms with Crippen molar-refractivity contribution in [3.8, 4) is 0 Å². The maximum Gasteiger partial charge on any atom is 0.303 e. The lowest BCUT2D eigenvalue weighted by molar-refractivity contribution is -0.137. The van der Waals surface area contributed by atoms with E-state index in [0.29, 0.717) is 5.92 Å². The number of aryl methyl sites for hydroxylation is 2. The summed E-state index contributed by atoms with van der Waals surface area (Å²) in [5.74, 6) is -0.157. The minimum absolute atomic E-state index is 0.274. The molecule has 0 saturated carbocycles. The number of piperidine rings is 1. The number of carboxylic acids is 1. The Balaban J connectivity index is 1.88. The molecule has 1 atom stereocenters. The third-order valence-electron chi connectivity index (χ3n) is 3.76. The third kappa shape index (κ3) is 4.01. The van der Waals surface area contributed by atoms with Crippen molar-refractivity contribution in [1.29, 1.82) is 0 Å². The predicted molar refractivity (Wildman–Crippen MR) is 76.9 cm³/mol. The number of rotatable bonds is 5. The van der Waals surface area contributed by atoms with Crippen LogP contribution in [0.5, 0.6) is 0 Å². The molecule has 2 rings (SSSR count). The Bertz CT molecular complexity index is 425. The van der Waals surface area contributed by atoms with Crippen molar-refractivity contribution in [3.05, 3.63) is 15.6 Å². The monoisotopic (exact) mass is 282 g/mol. The summed E-state index contributed by atoms with van der Waals surface area (Å²) in [6, 6.07) is 0. The third-order valence-corrected chi connectivity index (χ3v) is 5.00. The molecule has 1 unspecified atom stereocenters. The zero-order valence-corrected chi connectivity index (χ0v) is 12.5. The Hall–Kier alpha value is -0.940. The van der Waals surface area contributed by atoms with Crippen LogP contribution in [0.3, 0.4) is 0 Å². The van der Waals surface area contributed by atoms with E-state index in [-0.39, 0.29) is 6.42 Å². The molecule has 0 bridgehead atoms. The predicted octanol–water partition coefficient (Wildman–Crippen LogP) is 2.80. The van der Waals surface area contributed by atoms with Crippen LogP contribution in [0, 0.1) is 13.8 Å². The number of nitrogens with zero attached hydrogens (tertiary/aromatic N) is 2. The summed E-state index contributed by atoms with van der Waals surface area (Å²) in [5, 5.41) is 9.94. The molecule has 5 heteroatoms. The average Bonchev–Trinajstić information content (AvgIpc) is 2.70. The molecule has 2 heterocycles. The van der Waals surface area contributed by atoms with Crippen molar-refractivity contribution >= 4 is 17.3 Å². The van der Waals surface area contributed by atoms with Crippen LogP contribution in [0.4, 0.5) is 0 Å². The highest BCUT2D eigenvalue weighted by Gasteiger charge is 2.23. The normalized spacial score (nSPS) is 20.6. The summed E-state index contributed by atoms with van der Waals surface area (Å²) >= 11 is 1.82. The van der Waals surface area contributed by atoms with Gasteiger partial charge in [-0.2, -0.15) is 0 Å². The van der Waals surface area contributed by atoms with Crippen LogP contribution in [0.2, 0.25) is 0 Å².